The Morgan fingerprint density at radius 3 is 3.00 bits per heavy atom. The molecule has 2 heterocycles. The highest BCUT2D eigenvalue weighted by Gasteiger charge is 2.11. The van der Waals surface area contributed by atoms with Gasteiger partial charge in [-0.1, -0.05) is 12.2 Å². The summed E-state index contributed by atoms with van der Waals surface area (Å²) in [4.78, 5) is 11.2. The molecule has 0 aliphatic rings. The number of nitrogens with zero attached hydrogens (tertiary/aromatic N) is 3. The van der Waals surface area contributed by atoms with Crippen molar-refractivity contribution in [3.8, 4) is 0 Å². The maximum absolute atomic E-state index is 5.51. The monoisotopic (exact) mass is 266 g/mol. The number of thiocarbonyl (C=S) groups is 1. The smallest absolute Gasteiger partial charge is 0.149 e. The van der Waals surface area contributed by atoms with Gasteiger partial charge in [-0.3, -0.25) is 0 Å². The molecule has 90 valence electrons. The molecule has 0 saturated carbocycles. The standard InChI is InChI=1S/C11H14N4S2/c1-7-5-17-10-9(7)13-6-14-11(10)15(2)4-3-8(12)16/h5-6H,3-4H2,1-2H3,(H2,12,16). The lowest BCUT2D eigenvalue weighted by molar-refractivity contribution is 0.902. The molecular formula is C11H14N4S2. The summed E-state index contributed by atoms with van der Waals surface area (Å²) in [6, 6.07) is 0. The van der Waals surface area contributed by atoms with Crippen LogP contribution in [0.3, 0.4) is 0 Å². The first-order valence-electron chi connectivity index (χ1n) is 5.28. The lowest BCUT2D eigenvalue weighted by Crippen LogP contribution is -2.24. The third-order valence-electron chi connectivity index (χ3n) is 2.57. The molecular weight excluding hydrogens is 252 g/mol. The van der Waals surface area contributed by atoms with Gasteiger partial charge < -0.3 is 10.6 Å². The molecule has 2 aromatic rings. The molecule has 4 nitrogen and oxygen atoms in total. The number of hydrogen-bond acceptors (Lipinski definition) is 5. The van der Waals surface area contributed by atoms with Crippen molar-refractivity contribution in [2.24, 2.45) is 5.73 Å². The molecule has 0 amide bonds. The highest BCUT2D eigenvalue weighted by Crippen LogP contribution is 2.30. The van der Waals surface area contributed by atoms with E-state index < -0.39 is 0 Å². The van der Waals surface area contributed by atoms with Crippen LogP contribution in [0.2, 0.25) is 0 Å². The van der Waals surface area contributed by atoms with Crippen LogP contribution >= 0.6 is 23.6 Å². The number of thiophene rings is 1. The maximum Gasteiger partial charge on any atom is 0.149 e. The molecule has 0 unspecified atom stereocenters. The lowest BCUT2D eigenvalue weighted by atomic mass is 10.3. The minimum Gasteiger partial charge on any atom is -0.393 e. The SMILES string of the molecule is Cc1csc2c(N(C)CCC(N)=S)ncnc12. The van der Waals surface area contributed by atoms with Gasteiger partial charge in [-0.2, -0.15) is 0 Å². The van der Waals surface area contributed by atoms with Crippen LogP contribution < -0.4 is 10.6 Å². The first-order chi connectivity index (χ1) is 8.09. The summed E-state index contributed by atoms with van der Waals surface area (Å²) in [5.41, 5.74) is 7.73. The molecule has 17 heavy (non-hydrogen) atoms. The Morgan fingerprint density at radius 2 is 2.29 bits per heavy atom. The molecule has 6 heteroatoms. The Labute approximate surface area is 109 Å². The second-order valence-electron chi connectivity index (χ2n) is 3.93. The Kier molecular flexibility index (Phi) is 3.54. The second kappa shape index (κ2) is 4.93. The number of fused-ring (bicyclic) bond motifs is 1. The van der Waals surface area contributed by atoms with Gasteiger partial charge in [-0.15, -0.1) is 11.3 Å². The number of rotatable bonds is 4. The summed E-state index contributed by atoms with van der Waals surface area (Å²) in [5.74, 6) is 0.948. The van der Waals surface area contributed by atoms with Crippen LogP contribution in [0.5, 0.6) is 0 Å². The average molecular weight is 266 g/mol. The summed E-state index contributed by atoms with van der Waals surface area (Å²) >= 11 is 6.56. The molecule has 0 spiro atoms. The largest absolute Gasteiger partial charge is 0.393 e. The maximum atomic E-state index is 5.51. The Hall–Kier alpha value is -1.27. The van der Waals surface area contributed by atoms with Gasteiger partial charge in [-0.25, -0.2) is 9.97 Å². The number of aryl methyl sites for hydroxylation is 1. The van der Waals surface area contributed by atoms with Crippen molar-refractivity contribution in [2.75, 3.05) is 18.5 Å². The van der Waals surface area contributed by atoms with Crippen LogP contribution in [-0.4, -0.2) is 28.5 Å². The summed E-state index contributed by atoms with van der Waals surface area (Å²) in [7, 11) is 2.00. The summed E-state index contributed by atoms with van der Waals surface area (Å²) < 4.78 is 1.12. The van der Waals surface area contributed by atoms with Gasteiger partial charge in [0.15, 0.2) is 0 Å². The Balaban J connectivity index is 2.31. The third-order valence-corrected chi connectivity index (χ3v) is 3.85. The Morgan fingerprint density at radius 1 is 1.53 bits per heavy atom. The Bertz CT molecular complexity index is 549. The van der Waals surface area contributed by atoms with Crippen molar-refractivity contribution in [3.63, 3.8) is 0 Å². The molecule has 0 atom stereocenters. The van der Waals surface area contributed by atoms with Crippen molar-refractivity contribution >= 4 is 44.6 Å². The molecule has 0 radical (unpaired) electrons. The number of aromatic nitrogens is 2. The average Bonchev–Trinajstić information content (AvgIpc) is 2.68. The van der Waals surface area contributed by atoms with Crippen LogP contribution in [0.15, 0.2) is 11.7 Å². The fraction of sp³-hybridized carbons (Fsp3) is 0.364. The second-order valence-corrected chi connectivity index (χ2v) is 5.34. The third kappa shape index (κ3) is 2.53. The molecule has 0 aromatic carbocycles. The van der Waals surface area contributed by atoms with Crippen molar-refractivity contribution in [1.82, 2.24) is 9.97 Å². The minimum atomic E-state index is 0.532. The minimum absolute atomic E-state index is 0.532. The zero-order chi connectivity index (χ0) is 12.4. The van der Waals surface area contributed by atoms with E-state index in [-0.39, 0.29) is 0 Å². The van der Waals surface area contributed by atoms with Crippen molar-refractivity contribution in [1.29, 1.82) is 0 Å². The predicted molar refractivity (Wildman–Crippen MR) is 76.8 cm³/mol. The van der Waals surface area contributed by atoms with Crippen molar-refractivity contribution < 1.29 is 0 Å². The van der Waals surface area contributed by atoms with E-state index in [4.69, 9.17) is 18.0 Å². The zero-order valence-corrected chi connectivity index (χ0v) is 11.4. The van der Waals surface area contributed by atoms with Gasteiger partial charge in [0.1, 0.15) is 12.1 Å². The topological polar surface area (TPSA) is 55.0 Å². The quantitative estimate of drug-likeness (QED) is 0.859. The van der Waals surface area contributed by atoms with E-state index in [1.807, 2.05) is 7.05 Å². The highest BCUT2D eigenvalue weighted by molar-refractivity contribution is 7.80. The van der Waals surface area contributed by atoms with Crippen molar-refractivity contribution in [3.05, 3.63) is 17.3 Å². The molecule has 2 rings (SSSR count). The molecule has 0 fully saturated rings. The molecule has 0 aliphatic carbocycles. The molecule has 2 N–H and O–H groups in total. The number of anilines is 1. The highest BCUT2D eigenvalue weighted by atomic mass is 32.1. The van der Waals surface area contributed by atoms with Gasteiger partial charge >= 0.3 is 0 Å². The number of hydrogen-bond donors (Lipinski definition) is 1. The molecule has 0 saturated heterocycles. The van der Waals surface area contributed by atoms with E-state index >= 15 is 0 Å². The summed E-state index contributed by atoms with van der Waals surface area (Å²) in [6.45, 7) is 2.84. The zero-order valence-electron chi connectivity index (χ0n) is 9.80. The van der Waals surface area contributed by atoms with Crippen LogP contribution in [0, 0.1) is 6.92 Å². The van der Waals surface area contributed by atoms with Crippen LogP contribution in [-0.2, 0) is 0 Å². The van der Waals surface area contributed by atoms with Gasteiger partial charge in [-0.05, 0) is 17.9 Å². The molecule has 0 bridgehead atoms. The predicted octanol–water partition coefficient (Wildman–Crippen LogP) is 2.11. The van der Waals surface area contributed by atoms with Crippen molar-refractivity contribution in [2.45, 2.75) is 13.3 Å². The van der Waals surface area contributed by atoms with E-state index in [9.17, 15) is 0 Å². The summed E-state index contributed by atoms with van der Waals surface area (Å²) in [5, 5.41) is 2.10. The molecule has 2 aromatic heterocycles. The lowest BCUT2D eigenvalue weighted by Gasteiger charge is -2.17. The first kappa shape index (κ1) is 12.2. The van der Waals surface area contributed by atoms with Gasteiger partial charge in [0, 0.05) is 20.0 Å². The first-order valence-corrected chi connectivity index (χ1v) is 6.56. The van der Waals surface area contributed by atoms with Crippen LogP contribution in [0.1, 0.15) is 12.0 Å². The van der Waals surface area contributed by atoms with E-state index in [1.165, 1.54) is 5.56 Å². The van der Waals surface area contributed by atoms with Crippen LogP contribution in [0.25, 0.3) is 10.2 Å². The van der Waals surface area contributed by atoms with Crippen LogP contribution in [0.4, 0.5) is 5.82 Å². The van der Waals surface area contributed by atoms with Gasteiger partial charge in [0.25, 0.3) is 0 Å². The van der Waals surface area contributed by atoms with E-state index in [0.717, 1.165) is 22.6 Å². The van der Waals surface area contributed by atoms with Gasteiger partial charge in [0.05, 0.1) is 15.2 Å². The number of nitrogens with two attached hydrogens (primary N) is 1. The van der Waals surface area contributed by atoms with E-state index in [2.05, 4.69) is 27.2 Å². The van der Waals surface area contributed by atoms with E-state index in [1.54, 1.807) is 17.7 Å². The normalized spacial score (nSPS) is 10.7. The van der Waals surface area contributed by atoms with Gasteiger partial charge in [0.2, 0.25) is 0 Å². The van der Waals surface area contributed by atoms with E-state index in [0.29, 0.717) is 11.4 Å². The fourth-order valence-electron chi connectivity index (χ4n) is 1.61. The molecule has 0 aliphatic heterocycles. The summed E-state index contributed by atoms with van der Waals surface area (Å²) in [6.07, 6.45) is 2.30. The fourth-order valence-corrected chi connectivity index (χ4v) is 2.75.